The first-order chi connectivity index (χ1) is 7.84. The lowest BCUT2D eigenvalue weighted by Gasteiger charge is -2.26. The number of aromatic nitrogens is 1. The molecule has 2 aliphatic rings. The first-order valence-corrected chi connectivity index (χ1v) is 6.69. The van der Waals surface area contributed by atoms with Crippen LogP contribution < -0.4 is 5.32 Å². The molecular weight excluding hydrogens is 264 g/mol. The molecule has 2 heterocycles. The van der Waals surface area contributed by atoms with E-state index in [2.05, 4.69) is 38.4 Å². The molecule has 1 aliphatic heterocycles. The normalized spacial score (nSPS) is 28.7. The Morgan fingerprint density at radius 2 is 2.25 bits per heavy atom. The third-order valence-corrected chi connectivity index (χ3v) is 4.12. The van der Waals surface area contributed by atoms with E-state index in [-0.39, 0.29) is 0 Å². The molecule has 84 valence electrons. The van der Waals surface area contributed by atoms with Crippen LogP contribution in [0.15, 0.2) is 29.0 Å². The largest absolute Gasteiger partial charge is 0.310 e. The molecule has 0 saturated carbocycles. The Morgan fingerprint density at radius 3 is 3.06 bits per heavy atom. The standard InChI is InChI=1S/C13H15BrN2/c14-12-5-4-10(8-16-12)11-3-1-2-9-6-7-15-13(9)11/h3-5,8-9,13,15H,1-2,6-7H2. The second kappa shape index (κ2) is 4.30. The van der Waals surface area contributed by atoms with E-state index >= 15 is 0 Å². The van der Waals surface area contributed by atoms with Crippen molar-refractivity contribution in [2.24, 2.45) is 5.92 Å². The van der Waals surface area contributed by atoms with Crippen molar-refractivity contribution >= 4 is 21.5 Å². The van der Waals surface area contributed by atoms with Crippen LogP contribution >= 0.6 is 15.9 Å². The third kappa shape index (κ3) is 1.82. The highest BCUT2D eigenvalue weighted by Gasteiger charge is 2.32. The van der Waals surface area contributed by atoms with Crippen molar-refractivity contribution in [1.82, 2.24) is 10.3 Å². The highest BCUT2D eigenvalue weighted by atomic mass is 79.9. The molecule has 2 unspecified atom stereocenters. The first-order valence-electron chi connectivity index (χ1n) is 5.90. The van der Waals surface area contributed by atoms with E-state index in [9.17, 15) is 0 Å². The Kier molecular flexibility index (Phi) is 2.82. The summed E-state index contributed by atoms with van der Waals surface area (Å²) in [5.74, 6) is 0.837. The lowest BCUT2D eigenvalue weighted by molar-refractivity contribution is 0.470. The van der Waals surface area contributed by atoms with Gasteiger partial charge >= 0.3 is 0 Å². The number of nitrogens with zero attached hydrogens (tertiary/aromatic N) is 1. The van der Waals surface area contributed by atoms with E-state index in [0.29, 0.717) is 6.04 Å². The molecular formula is C13H15BrN2. The zero-order valence-electron chi connectivity index (χ0n) is 9.12. The van der Waals surface area contributed by atoms with E-state index in [1.165, 1.54) is 30.4 Å². The van der Waals surface area contributed by atoms with Crippen molar-refractivity contribution in [3.8, 4) is 0 Å². The number of fused-ring (bicyclic) bond motifs is 1. The van der Waals surface area contributed by atoms with E-state index in [1.54, 1.807) is 0 Å². The SMILES string of the molecule is Brc1ccc(C2=CCCC3CCNC23)cn1. The van der Waals surface area contributed by atoms with E-state index < -0.39 is 0 Å². The van der Waals surface area contributed by atoms with Gasteiger partial charge in [0, 0.05) is 12.2 Å². The Bertz CT molecular complexity index is 410. The number of nitrogens with one attached hydrogen (secondary N) is 1. The molecule has 1 aromatic heterocycles. The van der Waals surface area contributed by atoms with Gasteiger partial charge in [0.25, 0.3) is 0 Å². The number of rotatable bonds is 1. The zero-order chi connectivity index (χ0) is 11.0. The molecule has 0 aromatic carbocycles. The first kappa shape index (κ1) is 10.5. The van der Waals surface area contributed by atoms with Gasteiger partial charge in [-0.05, 0) is 64.9 Å². The summed E-state index contributed by atoms with van der Waals surface area (Å²) in [7, 11) is 0. The summed E-state index contributed by atoms with van der Waals surface area (Å²) in [5.41, 5.74) is 2.72. The summed E-state index contributed by atoms with van der Waals surface area (Å²) in [4.78, 5) is 4.32. The van der Waals surface area contributed by atoms with Gasteiger partial charge in [-0.2, -0.15) is 0 Å². The predicted octanol–water partition coefficient (Wildman–Crippen LogP) is 3.00. The van der Waals surface area contributed by atoms with Gasteiger partial charge in [0.05, 0.1) is 0 Å². The maximum atomic E-state index is 4.32. The summed E-state index contributed by atoms with van der Waals surface area (Å²) in [6.07, 6.45) is 8.23. The van der Waals surface area contributed by atoms with Crippen LogP contribution in [-0.4, -0.2) is 17.6 Å². The third-order valence-electron chi connectivity index (χ3n) is 3.65. The van der Waals surface area contributed by atoms with Crippen LogP contribution in [0.4, 0.5) is 0 Å². The summed E-state index contributed by atoms with van der Waals surface area (Å²) in [5, 5.41) is 3.61. The maximum Gasteiger partial charge on any atom is 0.106 e. The lowest BCUT2D eigenvalue weighted by atomic mass is 9.82. The molecule has 1 N–H and O–H groups in total. The van der Waals surface area contributed by atoms with Crippen molar-refractivity contribution in [2.45, 2.75) is 25.3 Å². The molecule has 1 fully saturated rings. The van der Waals surface area contributed by atoms with Crippen molar-refractivity contribution < 1.29 is 0 Å². The minimum Gasteiger partial charge on any atom is -0.310 e. The quantitative estimate of drug-likeness (QED) is 0.799. The van der Waals surface area contributed by atoms with Crippen molar-refractivity contribution in [3.05, 3.63) is 34.6 Å². The summed E-state index contributed by atoms with van der Waals surface area (Å²) >= 11 is 3.38. The van der Waals surface area contributed by atoms with E-state index in [1.807, 2.05) is 12.3 Å². The van der Waals surface area contributed by atoms with Crippen LogP contribution in [0.3, 0.4) is 0 Å². The number of hydrogen-bond donors (Lipinski definition) is 1. The predicted molar refractivity (Wildman–Crippen MR) is 69.0 cm³/mol. The van der Waals surface area contributed by atoms with Gasteiger partial charge in [0.2, 0.25) is 0 Å². The monoisotopic (exact) mass is 278 g/mol. The molecule has 0 radical (unpaired) electrons. The fourth-order valence-corrected chi connectivity index (χ4v) is 3.09. The molecule has 1 saturated heterocycles. The molecule has 2 nitrogen and oxygen atoms in total. The van der Waals surface area contributed by atoms with Gasteiger partial charge in [0.1, 0.15) is 4.60 Å². The maximum absolute atomic E-state index is 4.32. The van der Waals surface area contributed by atoms with Crippen LogP contribution in [0.5, 0.6) is 0 Å². The molecule has 1 aromatic rings. The summed E-state index contributed by atoms with van der Waals surface area (Å²) < 4.78 is 0.906. The average molecular weight is 279 g/mol. The van der Waals surface area contributed by atoms with Crippen molar-refractivity contribution in [3.63, 3.8) is 0 Å². The average Bonchev–Trinajstić information content (AvgIpc) is 2.78. The number of halogens is 1. The Morgan fingerprint density at radius 1 is 1.31 bits per heavy atom. The number of pyridine rings is 1. The van der Waals surface area contributed by atoms with E-state index in [4.69, 9.17) is 0 Å². The zero-order valence-corrected chi connectivity index (χ0v) is 10.7. The number of hydrogen-bond acceptors (Lipinski definition) is 2. The highest BCUT2D eigenvalue weighted by Crippen LogP contribution is 2.35. The smallest absolute Gasteiger partial charge is 0.106 e. The molecule has 0 spiro atoms. The summed E-state index contributed by atoms with van der Waals surface area (Å²) in [6.45, 7) is 1.16. The van der Waals surface area contributed by atoms with Crippen LogP contribution in [0.2, 0.25) is 0 Å². The van der Waals surface area contributed by atoms with Crippen molar-refractivity contribution in [1.29, 1.82) is 0 Å². The molecule has 3 rings (SSSR count). The lowest BCUT2D eigenvalue weighted by Crippen LogP contribution is -2.30. The Balaban J connectivity index is 1.93. The van der Waals surface area contributed by atoms with Gasteiger partial charge in [-0.1, -0.05) is 12.1 Å². The number of allylic oxidation sites excluding steroid dienone is 1. The molecule has 1 aliphatic carbocycles. The second-order valence-electron chi connectivity index (χ2n) is 4.59. The van der Waals surface area contributed by atoms with Crippen LogP contribution in [-0.2, 0) is 0 Å². The minimum absolute atomic E-state index is 0.566. The van der Waals surface area contributed by atoms with E-state index in [0.717, 1.165) is 17.1 Å². The minimum atomic E-state index is 0.566. The highest BCUT2D eigenvalue weighted by molar-refractivity contribution is 9.10. The molecule has 16 heavy (non-hydrogen) atoms. The Labute approximate surface area is 104 Å². The fourth-order valence-electron chi connectivity index (χ4n) is 2.86. The Hall–Kier alpha value is -0.670. The molecule has 3 heteroatoms. The molecule has 0 amide bonds. The fraction of sp³-hybridized carbons (Fsp3) is 0.462. The summed E-state index contributed by atoms with van der Waals surface area (Å²) in [6, 6.07) is 4.75. The van der Waals surface area contributed by atoms with Gasteiger partial charge in [-0.15, -0.1) is 0 Å². The van der Waals surface area contributed by atoms with Crippen LogP contribution in [0.25, 0.3) is 5.57 Å². The molecule has 2 atom stereocenters. The topological polar surface area (TPSA) is 24.9 Å². The molecule has 0 bridgehead atoms. The van der Waals surface area contributed by atoms with Gasteiger partial charge in [0.15, 0.2) is 0 Å². The van der Waals surface area contributed by atoms with Crippen LogP contribution in [0, 0.1) is 5.92 Å². The van der Waals surface area contributed by atoms with Gasteiger partial charge in [-0.25, -0.2) is 4.98 Å². The second-order valence-corrected chi connectivity index (χ2v) is 5.40. The van der Waals surface area contributed by atoms with Crippen LogP contribution in [0.1, 0.15) is 24.8 Å². The van der Waals surface area contributed by atoms with Gasteiger partial charge < -0.3 is 5.32 Å². The van der Waals surface area contributed by atoms with Crippen molar-refractivity contribution in [2.75, 3.05) is 6.54 Å². The van der Waals surface area contributed by atoms with Gasteiger partial charge in [-0.3, -0.25) is 0 Å².